The Labute approximate surface area is 109 Å². The standard InChI is InChI=1S/C14H24N2O2/c1-14(2,3)12-13(18)16(9-11(17)15-12)10-7-5-4-6-8-10/h10,12H,4-9H2,1-3H3,(H,15,17). The van der Waals surface area contributed by atoms with Crippen LogP contribution in [0.4, 0.5) is 0 Å². The molecule has 2 aliphatic rings. The van der Waals surface area contributed by atoms with Gasteiger partial charge in [-0.05, 0) is 18.3 Å². The molecule has 1 N–H and O–H groups in total. The monoisotopic (exact) mass is 252 g/mol. The van der Waals surface area contributed by atoms with E-state index in [1.165, 1.54) is 19.3 Å². The largest absolute Gasteiger partial charge is 0.342 e. The van der Waals surface area contributed by atoms with Gasteiger partial charge in [-0.2, -0.15) is 0 Å². The van der Waals surface area contributed by atoms with E-state index in [4.69, 9.17) is 0 Å². The van der Waals surface area contributed by atoms with Gasteiger partial charge in [0.25, 0.3) is 0 Å². The van der Waals surface area contributed by atoms with Gasteiger partial charge in [0, 0.05) is 6.04 Å². The van der Waals surface area contributed by atoms with Gasteiger partial charge >= 0.3 is 0 Å². The third-order valence-corrected chi connectivity index (χ3v) is 4.03. The Bertz CT molecular complexity index is 340. The zero-order chi connectivity index (χ0) is 13.3. The summed E-state index contributed by atoms with van der Waals surface area (Å²) in [6.07, 6.45) is 5.71. The Balaban J connectivity index is 2.14. The number of amides is 2. The second-order valence-corrected chi connectivity index (χ2v) is 6.62. The first-order chi connectivity index (χ1) is 8.39. The van der Waals surface area contributed by atoms with Gasteiger partial charge < -0.3 is 10.2 Å². The molecule has 1 aliphatic carbocycles. The van der Waals surface area contributed by atoms with Crippen LogP contribution in [-0.2, 0) is 9.59 Å². The molecule has 1 saturated carbocycles. The second-order valence-electron chi connectivity index (χ2n) is 6.62. The fourth-order valence-electron chi connectivity index (χ4n) is 2.96. The van der Waals surface area contributed by atoms with Crippen LogP contribution in [0, 0.1) is 5.41 Å². The zero-order valence-corrected chi connectivity index (χ0v) is 11.7. The molecule has 0 aromatic heterocycles. The van der Waals surface area contributed by atoms with Crippen LogP contribution < -0.4 is 5.32 Å². The first-order valence-corrected chi connectivity index (χ1v) is 6.99. The van der Waals surface area contributed by atoms with Crippen LogP contribution in [-0.4, -0.2) is 35.3 Å². The molecule has 4 nitrogen and oxygen atoms in total. The molecule has 0 spiro atoms. The number of rotatable bonds is 1. The highest BCUT2D eigenvalue weighted by Crippen LogP contribution is 2.28. The van der Waals surface area contributed by atoms with E-state index in [0.717, 1.165) is 12.8 Å². The van der Waals surface area contributed by atoms with Gasteiger partial charge in [0.05, 0.1) is 6.54 Å². The van der Waals surface area contributed by atoms with Crippen molar-refractivity contribution in [1.29, 1.82) is 0 Å². The number of piperazine rings is 1. The van der Waals surface area contributed by atoms with E-state index in [1.807, 2.05) is 25.7 Å². The lowest BCUT2D eigenvalue weighted by Gasteiger charge is -2.43. The van der Waals surface area contributed by atoms with E-state index in [9.17, 15) is 9.59 Å². The molecule has 1 heterocycles. The van der Waals surface area contributed by atoms with Crippen molar-refractivity contribution in [3.05, 3.63) is 0 Å². The van der Waals surface area contributed by atoms with E-state index in [0.29, 0.717) is 0 Å². The third kappa shape index (κ3) is 2.68. The number of hydrogen-bond donors (Lipinski definition) is 1. The predicted molar refractivity (Wildman–Crippen MR) is 70.0 cm³/mol. The molecule has 18 heavy (non-hydrogen) atoms. The highest BCUT2D eigenvalue weighted by molar-refractivity contribution is 5.95. The lowest BCUT2D eigenvalue weighted by Crippen LogP contribution is -2.64. The summed E-state index contributed by atoms with van der Waals surface area (Å²) in [4.78, 5) is 26.2. The second kappa shape index (κ2) is 4.90. The number of carbonyl (C=O) groups excluding carboxylic acids is 2. The van der Waals surface area contributed by atoms with Crippen LogP contribution >= 0.6 is 0 Å². The first kappa shape index (κ1) is 13.4. The lowest BCUT2D eigenvalue weighted by atomic mass is 9.83. The summed E-state index contributed by atoms with van der Waals surface area (Å²) < 4.78 is 0. The quantitative estimate of drug-likeness (QED) is 0.772. The Morgan fingerprint density at radius 3 is 2.28 bits per heavy atom. The van der Waals surface area contributed by atoms with Crippen molar-refractivity contribution in [3.63, 3.8) is 0 Å². The lowest BCUT2D eigenvalue weighted by molar-refractivity contribution is -0.150. The van der Waals surface area contributed by atoms with E-state index < -0.39 is 0 Å². The van der Waals surface area contributed by atoms with E-state index in [-0.39, 0.29) is 35.9 Å². The van der Waals surface area contributed by atoms with Crippen LogP contribution in [0.3, 0.4) is 0 Å². The summed E-state index contributed by atoms with van der Waals surface area (Å²) in [7, 11) is 0. The minimum absolute atomic E-state index is 0.0138. The van der Waals surface area contributed by atoms with Crippen molar-refractivity contribution in [2.75, 3.05) is 6.54 Å². The van der Waals surface area contributed by atoms with Crippen LogP contribution in [0.2, 0.25) is 0 Å². The van der Waals surface area contributed by atoms with Crippen molar-refractivity contribution in [3.8, 4) is 0 Å². The molecule has 2 rings (SSSR count). The maximum atomic E-state index is 12.5. The number of nitrogens with one attached hydrogen (secondary N) is 1. The number of carbonyl (C=O) groups is 2. The smallest absolute Gasteiger partial charge is 0.246 e. The Morgan fingerprint density at radius 1 is 1.11 bits per heavy atom. The minimum atomic E-state index is -0.374. The van der Waals surface area contributed by atoms with Crippen LogP contribution in [0.25, 0.3) is 0 Å². The molecule has 0 aromatic carbocycles. The summed E-state index contributed by atoms with van der Waals surface area (Å²) in [5.74, 6) is 0.0918. The van der Waals surface area contributed by atoms with Crippen LogP contribution in [0.5, 0.6) is 0 Å². The van der Waals surface area contributed by atoms with Gasteiger partial charge in [-0.15, -0.1) is 0 Å². The molecule has 1 atom stereocenters. The summed E-state index contributed by atoms with van der Waals surface area (Å²) in [6, 6.07) is -0.0946. The molecule has 1 unspecified atom stereocenters. The predicted octanol–water partition coefficient (Wildman–Crippen LogP) is 1.69. The molecular formula is C14H24N2O2. The molecule has 0 aromatic rings. The van der Waals surface area contributed by atoms with Crippen molar-refractivity contribution >= 4 is 11.8 Å². The van der Waals surface area contributed by atoms with Crippen molar-refractivity contribution in [2.24, 2.45) is 5.41 Å². The molecule has 1 aliphatic heterocycles. The van der Waals surface area contributed by atoms with E-state index >= 15 is 0 Å². The average molecular weight is 252 g/mol. The summed E-state index contributed by atoms with van der Waals surface area (Å²) in [5, 5.41) is 2.85. The SMILES string of the molecule is CC(C)(C)C1NC(=O)CN(C2CCCCC2)C1=O. The Kier molecular flexibility index (Phi) is 3.64. The first-order valence-electron chi connectivity index (χ1n) is 6.99. The highest BCUT2D eigenvalue weighted by atomic mass is 16.2. The highest BCUT2D eigenvalue weighted by Gasteiger charge is 2.42. The molecule has 1 saturated heterocycles. The molecule has 2 fully saturated rings. The third-order valence-electron chi connectivity index (χ3n) is 4.03. The van der Waals surface area contributed by atoms with E-state index in [1.54, 1.807) is 0 Å². The van der Waals surface area contributed by atoms with E-state index in [2.05, 4.69) is 5.32 Å². The summed E-state index contributed by atoms with van der Waals surface area (Å²) >= 11 is 0. The fraction of sp³-hybridized carbons (Fsp3) is 0.857. The van der Waals surface area contributed by atoms with Gasteiger partial charge in [0.15, 0.2) is 0 Å². The maximum Gasteiger partial charge on any atom is 0.246 e. The summed E-state index contributed by atoms with van der Waals surface area (Å²) in [6.45, 7) is 6.25. The Morgan fingerprint density at radius 2 is 1.72 bits per heavy atom. The van der Waals surface area contributed by atoms with Crippen LogP contribution in [0.15, 0.2) is 0 Å². The molecule has 102 valence electrons. The molecule has 0 radical (unpaired) electrons. The van der Waals surface area contributed by atoms with Crippen LogP contribution in [0.1, 0.15) is 52.9 Å². The van der Waals surface area contributed by atoms with Gasteiger partial charge in [-0.25, -0.2) is 0 Å². The normalized spacial score (nSPS) is 27.3. The molecule has 0 bridgehead atoms. The fourth-order valence-corrected chi connectivity index (χ4v) is 2.96. The topological polar surface area (TPSA) is 49.4 Å². The number of nitrogens with zero attached hydrogens (tertiary/aromatic N) is 1. The van der Waals surface area contributed by atoms with Gasteiger partial charge in [-0.1, -0.05) is 40.0 Å². The summed E-state index contributed by atoms with van der Waals surface area (Å²) in [5.41, 5.74) is -0.222. The Hall–Kier alpha value is -1.06. The van der Waals surface area contributed by atoms with Crippen molar-refractivity contribution < 1.29 is 9.59 Å². The van der Waals surface area contributed by atoms with Gasteiger partial charge in [-0.3, -0.25) is 9.59 Å². The van der Waals surface area contributed by atoms with Crippen molar-refractivity contribution in [1.82, 2.24) is 10.2 Å². The van der Waals surface area contributed by atoms with Crippen molar-refractivity contribution in [2.45, 2.75) is 65.0 Å². The molecule has 2 amide bonds. The molecule has 4 heteroatoms. The number of hydrogen-bond acceptors (Lipinski definition) is 2. The maximum absolute atomic E-state index is 12.5. The van der Waals surface area contributed by atoms with Gasteiger partial charge in [0.2, 0.25) is 11.8 Å². The zero-order valence-electron chi connectivity index (χ0n) is 11.7. The van der Waals surface area contributed by atoms with Gasteiger partial charge in [0.1, 0.15) is 6.04 Å². The average Bonchev–Trinajstić information content (AvgIpc) is 2.31. The minimum Gasteiger partial charge on any atom is -0.342 e. The molecular weight excluding hydrogens is 228 g/mol.